The van der Waals surface area contributed by atoms with Crippen LogP contribution in [0, 0.1) is 0 Å². The van der Waals surface area contributed by atoms with Crippen molar-refractivity contribution in [3.63, 3.8) is 0 Å². The van der Waals surface area contributed by atoms with Gasteiger partial charge in [-0.2, -0.15) is 0 Å². The summed E-state index contributed by atoms with van der Waals surface area (Å²) in [5.41, 5.74) is 0. The minimum Gasteiger partial charge on any atom is -0.338 e. The third-order valence-corrected chi connectivity index (χ3v) is 1.15. The molecule has 0 saturated carbocycles. The summed E-state index contributed by atoms with van der Waals surface area (Å²) in [6.45, 7) is 0. The number of nitrogens with one attached hydrogen (secondary N) is 1. The van der Waals surface area contributed by atoms with Crippen molar-refractivity contribution >= 4 is 12.2 Å². The zero-order valence-electron chi connectivity index (χ0n) is 5.16. The Morgan fingerprint density at radius 3 is 3.00 bits per heavy atom. The zero-order valence-corrected chi connectivity index (χ0v) is 5.16. The Morgan fingerprint density at radius 2 is 2.56 bits per heavy atom. The summed E-state index contributed by atoms with van der Waals surface area (Å²) in [6, 6.07) is 3.69. The number of hydrogen-bond acceptors (Lipinski definition) is 1. The first-order valence-electron chi connectivity index (χ1n) is 2.66. The maximum absolute atomic E-state index is 9.90. The van der Waals surface area contributed by atoms with Crippen molar-refractivity contribution in [3.05, 3.63) is 18.3 Å². The second-order valence-corrected chi connectivity index (χ2v) is 1.77. The van der Waals surface area contributed by atoms with Crippen LogP contribution in [0.25, 0.3) is 0 Å². The molecule has 0 spiro atoms. The fourth-order valence-corrected chi connectivity index (χ4v) is 0.671. The lowest BCUT2D eigenvalue weighted by molar-refractivity contribution is -0.105. The van der Waals surface area contributed by atoms with Gasteiger partial charge in [0, 0.05) is 13.2 Å². The van der Waals surface area contributed by atoms with E-state index in [4.69, 9.17) is 0 Å². The van der Waals surface area contributed by atoms with Gasteiger partial charge in [-0.1, -0.05) is 0 Å². The number of aromatic nitrogens is 1. The SMILES string of the molecule is Cn1cccc1NC=O. The van der Waals surface area contributed by atoms with Crippen LogP contribution in [-0.2, 0) is 11.8 Å². The molecule has 0 bridgehead atoms. The summed E-state index contributed by atoms with van der Waals surface area (Å²) in [6.07, 6.45) is 2.53. The van der Waals surface area contributed by atoms with E-state index in [9.17, 15) is 4.79 Å². The van der Waals surface area contributed by atoms with E-state index < -0.39 is 0 Å². The van der Waals surface area contributed by atoms with Crippen molar-refractivity contribution in [1.82, 2.24) is 4.57 Å². The Bertz CT molecular complexity index is 205. The van der Waals surface area contributed by atoms with Crippen LogP contribution in [0.1, 0.15) is 0 Å². The first-order valence-corrected chi connectivity index (χ1v) is 2.66. The lowest BCUT2D eigenvalue weighted by Gasteiger charge is -1.97. The van der Waals surface area contributed by atoms with Gasteiger partial charge in [-0.3, -0.25) is 4.79 Å². The molecule has 9 heavy (non-hydrogen) atoms. The van der Waals surface area contributed by atoms with Crippen molar-refractivity contribution in [3.8, 4) is 0 Å². The van der Waals surface area contributed by atoms with Crippen LogP contribution in [0.15, 0.2) is 18.3 Å². The second-order valence-electron chi connectivity index (χ2n) is 1.77. The highest BCUT2D eigenvalue weighted by Crippen LogP contribution is 2.03. The highest BCUT2D eigenvalue weighted by molar-refractivity contribution is 5.68. The van der Waals surface area contributed by atoms with Crippen LogP contribution in [0.5, 0.6) is 0 Å². The third-order valence-electron chi connectivity index (χ3n) is 1.15. The number of rotatable bonds is 2. The molecule has 1 aromatic rings. The maximum atomic E-state index is 9.90. The molecule has 0 fully saturated rings. The topological polar surface area (TPSA) is 34.0 Å². The molecule has 1 rings (SSSR count). The zero-order chi connectivity index (χ0) is 6.69. The smallest absolute Gasteiger partial charge is 0.212 e. The number of carbonyl (C=O) groups excluding carboxylic acids is 1. The van der Waals surface area contributed by atoms with Crippen LogP contribution in [0.2, 0.25) is 0 Å². The predicted octanol–water partition coefficient (Wildman–Crippen LogP) is 0.593. The van der Waals surface area contributed by atoms with E-state index in [1.165, 1.54) is 0 Å². The number of anilines is 1. The number of amides is 1. The third kappa shape index (κ3) is 1.10. The maximum Gasteiger partial charge on any atom is 0.212 e. The Morgan fingerprint density at radius 1 is 1.78 bits per heavy atom. The Labute approximate surface area is 53.3 Å². The minimum absolute atomic E-state index is 0.662. The van der Waals surface area contributed by atoms with Crippen LogP contribution in [-0.4, -0.2) is 11.0 Å². The van der Waals surface area contributed by atoms with Gasteiger partial charge in [0.05, 0.1) is 0 Å². The van der Waals surface area contributed by atoms with Gasteiger partial charge in [0.2, 0.25) is 6.41 Å². The van der Waals surface area contributed by atoms with Crippen molar-refractivity contribution < 1.29 is 4.79 Å². The average Bonchev–Trinajstić information content (AvgIpc) is 2.18. The minimum atomic E-state index is 0.662. The average molecular weight is 124 g/mol. The summed E-state index contributed by atoms with van der Waals surface area (Å²) < 4.78 is 1.83. The van der Waals surface area contributed by atoms with E-state index in [1.807, 2.05) is 29.9 Å². The standard InChI is InChI=1S/C6H8N2O/c1-8-4-2-3-6(8)7-5-9/h2-5H,1H3,(H,7,9). The van der Waals surface area contributed by atoms with E-state index in [-0.39, 0.29) is 0 Å². The lowest BCUT2D eigenvalue weighted by Crippen LogP contribution is -1.98. The Balaban J connectivity index is 2.80. The summed E-state index contributed by atoms with van der Waals surface area (Å²) >= 11 is 0. The largest absolute Gasteiger partial charge is 0.338 e. The quantitative estimate of drug-likeness (QED) is 0.575. The molecule has 0 radical (unpaired) electrons. The summed E-state index contributed by atoms with van der Waals surface area (Å²) in [5.74, 6) is 0.810. The summed E-state index contributed by atoms with van der Waals surface area (Å²) in [4.78, 5) is 9.90. The van der Waals surface area contributed by atoms with Gasteiger partial charge < -0.3 is 9.88 Å². The summed E-state index contributed by atoms with van der Waals surface area (Å²) in [5, 5.41) is 2.54. The van der Waals surface area contributed by atoms with Crippen LogP contribution < -0.4 is 5.32 Å². The number of nitrogens with zero attached hydrogens (tertiary/aromatic N) is 1. The second kappa shape index (κ2) is 2.35. The van der Waals surface area contributed by atoms with Gasteiger partial charge in [0.25, 0.3) is 0 Å². The molecule has 1 aromatic heterocycles. The van der Waals surface area contributed by atoms with Crippen molar-refractivity contribution in [2.75, 3.05) is 5.32 Å². The molecule has 3 heteroatoms. The van der Waals surface area contributed by atoms with E-state index in [2.05, 4.69) is 5.32 Å². The number of hydrogen-bond donors (Lipinski definition) is 1. The van der Waals surface area contributed by atoms with Crippen LogP contribution in [0.3, 0.4) is 0 Å². The molecule has 0 unspecified atom stereocenters. The predicted molar refractivity (Wildman–Crippen MR) is 35.1 cm³/mol. The molecule has 0 atom stereocenters. The van der Waals surface area contributed by atoms with E-state index in [1.54, 1.807) is 0 Å². The fourth-order valence-electron chi connectivity index (χ4n) is 0.671. The summed E-state index contributed by atoms with van der Waals surface area (Å²) in [7, 11) is 1.87. The molecule has 0 aliphatic heterocycles. The first-order chi connectivity index (χ1) is 4.34. The van der Waals surface area contributed by atoms with Gasteiger partial charge in [-0.05, 0) is 12.1 Å². The highest BCUT2D eigenvalue weighted by atomic mass is 16.1. The normalized spacial score (nSPS) is 9.00. The Kier molecular flexibility index (Phi) is 1.53. The van der Waals surface area contributed by atoms with Crippen LogP contribution >= 0.6 is 0 Å². The molecule has 1 N–H and O–H groups in total. The van der Waals surface area contributed by atoms with E-state index in [0.717, 1.165) is 5.82 Å². The Hall–Kier alpha value is -1.25. The van der Waals surface area contributed by atoms with Gasteiger partial charge in [0.1, 0.15) is 5.82 Å². The molecule has 1 heterocycles. The van der Waals surface area contributed by atoms with Gasteiger partial charge >= 0.3 is 0 Å². The molecule has 0 aliphatic rings. The molecule has 0 aliphatic carbocycles. The molecule has 1 amide bonds. The molecule has 0 saturated heterocycles. The van der Waals surface area contributed by atoms with Crippen molar-refractivity contribution in [2.24, 2.45) is 7.05 Å². The number of carbonyl (C=O) groups is 1. The van der Waals surface area contributed by atoms with Gasteiger partial charge in [0.15, 0.2) is 0 Å². The fraction of sp³-hybridized carbons (Fsp3) is 0.167. The van der Waals surface area contributed by atoms with E-state index in [0.29, 0.717) is 6.41 Å². The van der Waals surface area contributed by atoms with E-state index >= 15 is 0 Å². The number of aryl methyl sites for hydroxylation is 1. The molecular weight excluding hydrogens is 116 g/mol. The molecule has 48 valence electrons. The van der Waals surface area contributed by atoms with Crippen LogP contribution in [0.4, 0.5) is 5.82 Å². The molecule has 3 nitrogen and oxygen atoms in total. The molecule has 0 aromatic carbocycles. The monoisotopic (exact) mass is 124 g/mol. The van der Waals surface area contributed by atoms with Crippen molar-refractivity contribution in [1.29, 1.82) is 0 Å². The van der Waals surface area contributed by atoms with Crippen molar-refractivity contribution in [2.45, 2.75) is 0 Å². The van der Waals surface area contributed by atoms with Gasteiger partial charge in [-0.15, -0.1) is 0 Å². The highest BCUT2D eigenvalue weighted by Gasteiger charge is 1.90. The lowest BCUT2D eigenvalue weighted by atomic mass is 10.6. The molecular formula is C6H8N2O. The first kappa shape index (κ1) is 5.88. The van der Waals surface area contributed by atoms with Gasteiger partial charge in [-0.25, -0.2) is 0 Å².